The summed E-state index contributed by atoms with van der Waals surface area (Å²) in [5.41, 5.74) is 2.93. The number of nitro benzene ring substituents is 1. The van der Waals surface area contributed by atoms with Gasteiger partial charge in [-0.3, -0.25) is 19.7 Å². The Bertz CT molecular complexity index is 1670. The minimum absolute atomic E-state index is 0.0993. The van der Waals surface area contributed by atoms with E-state index in [1.165, 1.54) is 47.4 Å². The fourth-order valence-electron chi connectivity index (χ4n) is 5.05. The van der Waals surface area contributed by atoms with Crippen LogP contribution in [0.2, 0.25) is 0 Å². The van der Waals surface area contributed by atoms with Crippen LogP contribution in [0.3, 0.4) is 0 Å². The maximum atomic E-state index is 14.0. The molecule has 1 heterocycles. The number of anilines is 2. The molecule has 1 aliphatic carbocycles. The quantitative estimate of drug-likeness (QED) is 0.0602. The molecule has 5 rings (SSSR count). The summed E-state index contributed by atoms with van der Waals surface area (Å²) >= 11 is 2.78. The summed E-state index contributed by atoms with van der Waals surface area (Å²) in [5.74, 6) is -1.10. The highest BCUT2D eigenvalue weighted by Crippen LogP contribution is 2.41. The van der Waals surface area contributed by atoms with E-state index in [0.29, 0.717) is 16.3 Å². The van der Waals surface area contributed by atoms with E-state index < -0.39 is 22.0 Å². The van der Waals surface area contributed by atoms with Crippen molar-refractivity contribution in [2.45, 2.75) is 49.2 Å². The first-order valence-electron chi connectivity index (χ1n) is 14.3. The summed E-state index contributed by atoms with van der Waals surface area (Å²) in [6.07, 6.45) is 4.79. The molecular formula is C33H31N3O6S2. The lowest BCUT2D eigenvalue weighted by Crippen LogP contribution is -2.20. The van der Waals surface area contributed by atoms with Crippen LogP contribution in [0, 0.1) is 10.1 Å². The number of hydrogen-bond acceptors (Lipinski definition) is 8. The van der Waals surface area contributed by atoms with Crippen LogP contribution in [0.5, 0.6) is 0 Å². The van der Waals surface area contributed by atoms with Crippen molar-refractivity contribution in [3.05, 3.63) is 116 Å². The van der Waals surface area contributed by atoms with Crippen LogP contribution >= 0.6 is 23.1 Å². The summed E-state index contributed by atoms with van der Waals surface area (Å²) in [6, 6.07) is 21.9. The Labute approximate surface area is 263 Å². The van der Waals surface area contributed by atoms with Gasteiger partial charge in [0.05, 0.1) is 17.1 Å². The first kappa shape index (κ1) is 31.0. The van der Waals surface area contributed by atoms with Gasteiger partial charge in [-0.15, -0.1) is 23.1 Å². The Morgan fingerprint density at radius 2 is 1.70 bits per heavy atom. The largest absolute Gasteiger partial charge is 0.462 e. The summed E-state index contributed by atoms with van der Waals surface area (Å²) < 4.78 is 5.40. The number of carbonyl (C=O) groups is 3. The third-order valence-electron chi connectivity index (χ3n) is 7.16. The highest BCUT2D eigenvalue weighted by atomic mass is 32.2. The van der Waals surface area contributed by atoms with Crippen molar-refractivity contribution in [1.29, 1.82) is 0 Å². The number of non-ortho nitro benzene ring substituents is 1. The monoisotopic (exact) mass is 629 g/mol. The van der Waals surface area contributed by atoms with Gasteiger partial charge in [0.1, 0.15) is 10.3 Å². The Morgan fingerprint density at radius 3 is 2.43 bits per heavy atom. The van der Waals surface area contributed by atoms with Crippen LogP contribution in [-0.4, -0.2) is 29.3 Å². The number of esters is 1. The molecule has 44 heavy (non-hydrogen) atoms. The molecule has 4 aromatic rings. The van der Waals surface area contributed by atoms with E-state index in [1.807, 2.05) is 36.4 Å². The number of carbonyl (C=O) groups excluding carboxylic acids is 3. The zero-order valence-corrected chi connectivity index (χ0v) is 25.7. The Kier molecular flexibility index (Phi) is 10.1. The van der Waals surface area contributed by atoms with E-state index in [1.54, 1.807) is 25.1 Å². The zero-order valence-electron chi connectivity index (χ0n) is 24.0. The molecule has 2 N–H and O–H groups in total. The van der Waals surface area contributed by atoms with Crippen LogP contribution in [0.25, 0.3) is 0 Å². The van der Waals surface area contributed by atoms with Gasteiger partial charge >= 0.3 is 5.97 Å². The zero-order chi connectivity index (χ0) is 31.1. The highest BCUT2D eigenvalue weighted by molar-refractivity contribution is 8.00. The van der Waals surface area contributed by atoms with Gasteiger partial charge in [-0.1, -0.05) is 42.8 Å². The molecule has 0 saturated carbocycles. The number of hydrogen-bond donors (Lipinski definition) is 2. The maximum absolute atomic E-state index is 14.0. The standard InChI is InChI=1S/C33H31N3O6S2/c1-2-42-33(39)28-26-14-7-4-8-15-27(26)44-32(28)35-31(38)29(21-10-5-3-6-11-21)43-25-13-9-12-23(20-25)34-30(37)22-16-18-24(19-17-22)36(40)41/h3,5-6,9-13,16-20,29H,2,4,7-8,14-15H2,1H3,(H,34,37)(H,35,38). The lowest BCUT2D eigenvalue weighted by Gasteiger charge is -2.18. The average Bonchev–Trinajstić information content (AvgIpc) is 3.20. The molecule has 3 aromatic carbocycles. The number of aryl methyl sites for hydroxylation is 1. The summed E-state index contributed by atoms with van der Waals surface area (Å²) in [4.78, 5) is 52.1. The van der Waals surface area contributed by atoms with Crippen molar-refractivity contribution in [1.82, 2.24) is 0 Å². The van der Waals surface area contributed by atoms with Crippen LogP contribution in [0.15, 0.2) is 83.8 Å². The normalized spacial score (nSPS) is 13.2. The third kappa shape index (κ3) is 7.35. The molecule has 0 saturated heterocycles. The molecule has 0 spiro atoms. The predicted octanol–water partition coefficient (Wildman–Crippen LogP) is 7.83. The van der Waals surface area contributed by atoms with Gasteiger partial charge in [-0.05, 0) is 74.1 Å². The van der Waals surface area contributed by atoms with E-state index in [0.717, 1.165) is 53.0 Å². The molecule has 11 heteroatoms. The van der Waals surface area contributed by atoms with Gasteiger partial charge < -0.3 is 15.4 Å². The summed E-state index contributed by atoms with van der Waals surface area (Å²) in [7, 11) is 0. The van der Waals surface area contributed by atoms with E-state index >= 15 is 0 Å². The number of nitrogens with one attached hydrogen (secondary N) is 2. The molecule has 0 fully saturated rings. The fourth-order valence-corrected chi connectivity index (χ4v) is 7.41. The second-order valence-electron chi connectivity index (χ2n) is 10.2. The molecular weight excluding hydrogens is 599 g/mol. The van der Waals surface area contributed by atoms with Crippen molar-refractivity contribution >= 4 is 57.3 Å². The first-order chi connectivity index (χ1) is 21.3. The number of thiophene rings is 1. The molecule has 226 valence electrons. The average molecular weight is 630 g/mol. The van der Waals surface area contributed by atoms with Gasteiger partial charge in [-0.25, -0.2) is 4.79 Å². The van der Waals surface area contributed by atoms with Crippen molar-refractivity contribution in [3.8, 4) is 0 Å². The molecule has 0 radical (unpaired) electrons. The number of thioether (sulfide) groups is 1. The van der Waals surface area contributed by atoms with Gasteiger partial charge in [0.2, 0.25) is 5.91 Å². The molecule has 1 aliphatic rings. The van der Waals surface area contributed by atoms with Crippen molar-refractivity contribution in [2.75, 3.05) is 17.2 Å². The van der Waals surface area contributed by atoms with Crippen LogP contribution < -0.4 is 10.6 Å². The van der Waals surface area contributed by atoms with Gasteiger partial charge in [0.25, 0.3) is 11.6 Å². The van der Waals surface area contributed by atoms with E-state index in [4.69, 9.17) is 4.74 Å². The second-order valence-corrected chi connectivity index (χ2v) is 12.5. The fraction of sp³-hybridized carbons (Fsp3) is 0.242. The number of ether oxygens (including phenoxy) is 1. The molecule has 2 amide bonds. The summed E-state index contributed by atoms with van der Waals surface area (Å²) in [6.45, 7) is 2.02. The summed E-state index contributed by atoms with van der Waals surface area (Å²) in [5, 5.41) is 16.7. The van der Waals surface area contributed by atoms with Crippen LogP contribution in [0.1, 0.15) is 68.2 Å². The molecule has 1 unspecified atom stereocenters. The second kappa shape index (κ2) is 14.3. The first-order valence-corrected chi connectivity index (χ1v) is 16.0. The van der Waals surface area contributed by atoms with Crippen LogP contribution in [-0.2, 0) is 22.4 Å². The Morgan fingerprint density at radius 1 is 0.955 bits per heavy atom. The van der Waals surface area contributed by atoms with E-state index in [-0.39, 0.29) is 23.8 Å². The van der Waals surface area contributed by atoms with Crippen LogP contribution in [0.4, 0.5) is 16.4 Å². The van der Waals surface area contributed by atoms with Gasteiger partial charge in [-0.2, -0.15) is 0 Å². The highest BCUT2D eigenvalue weighted by Gasteiger charge is 2.29. The topological polar surface area (TPSA) is 128 Å². The van der Waals surface area contributed by atoms with Crippen molar-refractivity contribution in [2.24, 2.45) is 0 Å². The molecule has 1 aromatic heterocycles. The molecule has 0 bridgehead atoms. The minimum Gasteiger partial charge on any atom is -0.462 e. The SMILES string of the molecule is CCOC(=O)c1c(NC(=O)C(Sc2cccc(NC(=O)c3ccc([N+](=O)[O-])cc3)c2)c2ccccc2)sc2c1CCCCC2. The third-order valence-corrected chi connectivity index (χ3v) is 9.62. The van der Waals surface area contributed by atoms with Gasteiger partial charge in [0.15, 0.2) is 0 Å². The number of fused-ring (bicyclic) bond motifs is 1. The molecule has 9 nitrogen and oxygen atoms in total. The number of nitrogens with zero attached hydrogens (tertiary/aromatic N) is 1. The smallest absolute Gasteiger partial charge is 0.341 e. The van der Waals surface area contributed by atoms with Crippen molar-refractivity contribution in [3.63, 3.8) is 0 Å². The Hall–Kier alpha value is -4.48. The number of amides is 2. The molecule has 0 aliphatic heterocycles. The molecule has 1 atom stereocenters. The lowest BCUT2D eigenvalue weighted by molar-refractivity contribution is -0.384. The van der Waals surface area contributed by atoms with E-state index in [2.05, 4.69) is 10.6 Å². The van der Waals surface area contributed by atoms with E-state index in [9.17, 15) is 24.5 Å². The minimum atomic E-state index is -0.659. The number of benzene rings is 3. The Balaban J connectivity index is 1.38. The van der Waals surface area contributed by atoms with Gasteiger partial charge in [0, 0.05) is 33.2 Å². The van der Waals surface area contributed by atoms with Crippen molar-refractivity contribution < 1.29 is 24.0 Å². The number of nitro groups is 1. The number of rotatable bonds is 10. The lowest BCUT2D eigenvalue weighted by atomic mass is 10.1. The predicted molar refractivity (Wildman–Crippen MR) is 173 cm³/mol. The maximum Gasteiger partial charge on any atom is 0.341 e.